The van der Waals surface area contributed by atoms with Crippen LogP contribution in [-0.2, 0) is 10.0 Å². The van der Waals surface area contributed by atoms with Crippen molar-refractivity contribution in [2.75, 3.05) is 4.72 Å². The molecule has 0 aliphatic heterocycles. The number of benzene rings is 1. The Kier molecular flexibility index (Phi) is 3.65. The Labute approximate surface area is 115 Å². The summed E-state index contributed by atoms with van der Waals surface area (Å²) in [4.78, 5) is 0.229. The van der Waals surface area contributed by atoms with Gasteiger partial charge in [0.05, 0.1) is 0 Å². The maximum atomic E-state index is 12.0. The van der Waals surface area contributed by atoms with Gasteiger partial charge in [-0.3, -0.25) is 4.72 Å². The van der Waals surface area contributed by atoms with Gasteiger partial charge in [-0.25, -0.2) is 8.42 Å². The molecule has 0 saturated carbocycles. The molecule has 0 atom stereocenters. The van der Waals surface area contributed by atoms with Crippen molar-refractivity contribution in [2.24, 2.45) is 5.73 Å². The zero-order valence-electron chi connectivity index (χ0n) is 9.16. The minimum atomic E-state index is -3.53. The van der Waals surface area contributed by atoms with E-state index < -0.39 is 10.0 Å². The number of hydrogen-bond donors (Lipinski definition) is 2. The van der Waals surface area contributed by atoms with Crippen LogP contribution in [0.2, 0.25) is 0 Å². The Morgan fingerprint density at radius 3 is 2.67 bits per heavy atom. The topological polar surface area (TPSA) is 72.2 Å². The highest BCUT2D eigenvalue weighted by atomic mass is 32.2. The Hall–Kier alpha value is -1.44. The molecule has 0 aliphatic rings. The average Bonchev–Trinajstić information content (AvgIpc) is 2.82. The third-order valence-electron chi connectivity index (χ3n) is 2.16. The predicted molar refractivity (Wildman–Crippen MR) is 77.5 cm³/mol. The second kappa shape index (κ2) is 5.05. The summed E-state index contributed by atoms with van der Waals surface area (Å²) in [6, 6.07) is 9.90. The summed E-state index contributed by atoms with van der Waals surface area (Å²) in [6.07, 6.45) is 0. The van der Waals surface area contributed by atoms with E-state index in [0.29, 0.717) is 11.3 Å². The fraction of sp³-hybridized carbons (Fsp3) is 0. The molecule has 0 amide bonds. The normalized spacial score (nSPS) is 11.1. The molecule has 7 heteroatoms. The third kappa shape index (κ3) is 2.87. The van der Waals surface area contributed by atoms with Crippen LogP contribution in [-0.4, -0.2) is 13.4 Å². The van der Waals surface area contributed by atoms with Gasteiger partial charge in [0.2, 0.25) is 0 Å². The van der Waals surface area contributed by atoms with E-state index in [1.54, 1.807) is 41.8 Å². The lowest BCUT2D eigenvalue weighted by molar-refractivity contribution is 0.603. The van der Waals surface area contributed by atoms with Crippen molar-refractivity contribution in [1.29, 1.82) is 0 Å². The number of thiocarbonyl (C=S) groups is 1. The van der Waals surface area contributed by atoms with E-state index in [9.17, 15) is 8.42 Å². The Morgan fingerprint density at radius 1 is 1.28 bits per heavy atom. The number of sulfonamides is 1. The molecule has 1 heterocycles. The van der Waals surface area contributed by atoms with Gasteiger partial charge in [-0.05, 0) is 23.6 Å². The summed E-state index contributed by atoms with van der Waals surface area (Å²) in [5, 5.41) is 1.71. The molecule has 4 nitrogen and oxygen atoms in total. The first kappa shape index (κ1) is 13.0. The lowest BCUT2D eigenvalue weighted by Crippen LogP contribution is -2.13. The molecule has 2 rings (SSSR count). The molecule has 0 radical (unpaired) electrons. The highest BCUT2D eigenvalue weighted by molar-refractivity contribution is 7.94. The van der Waals surface area contributed by atoms with Gasteiger partial charge < -0.3 is 5.73 Å². The van der Waals surface area contributed by atoms with Crippen LogP contribution >= 0.6 is 23.6 Å². The van der Waals surface area contributed by atoms with Crippen LogP contribution in [0, 0.1) is 0 Å². The van der Waals surface area contributed by atoms with Crippen molar-refractivity contribution in [3.8, 4) is 0 Å². The molecular formula is C11H10N2O2S3. The van der Waals surface area contributed by atoms with Gasteiger partial charge in [0.25, 0.3) is 10.0 Å². The monoisotopic (exact) mass is 298 g/mol. The van der Waals surface area contributed by atoms with Crippen molar-refractivity contribution in [3.05, 3.63) is 47.3 Å². The molecule has 2 aromatic rings. The van der Waals surface area contributed by atoms with Crippen molar-refractivity contribution < 1.29 is 8.42 Å². The number of rotatable bonds is 4. The van der Waals surface area contributed by atoms with Crippen LogP contribution in [0.4, 0.5) is 5.69 Å². The smallest absolute Gasteiger partial charge is 0.271 e. The fourth-order valence-corrected chi connectivity index (χ4v) is 3.53. The quantitative estimate of drug-likeness (QED) is 0.849. The van der Waals surface area contributed by atoms with E-state index in [1.807, 2.05) is 0 Å². The Morgan fingerprint density at radius 2 is 2.06 bits per heavy atom. The van der Waals surface area contributed by atoms with E-state index in [0.717, 1.165) is 11.3 Å². The molecule has 0 fully saturated rings. The summed E-state index contributed by atoms with van der Waals surface area (Å²) >= 11 is 6.00. The number of nitrogens with one attached hydrogen (secondary N) is 1. The molecule has 0 unspecified atom stereocenters. The summed E-state index contributed by atoms with van der Waals surface area (Å²) in [7, 11) is -3.53. The first-order chi connectivity index (χ1) is 8.49. The highest BCUT2D eigenvalue weighted by Crippen LogP contribution is 2.20. The van der Waals surface area contributed by atoms with Gasteiger partial charge >= 0.3 is 0 Å². The number of anilines is 1. The summed E-state index contributed by atoms with van der Waals surface area (Å²) < 4.78 is 26.7. The van der Waals surface area contributed by atoms with Crippen LogP contribution in [0.5, 0.6) is 0 Å². The molecule has 0 bridgehead atoms. The van der Waals surface area contributed by atoms with Crippen molar-refractivity contribution in [1.82, 2.24) is 0 Å². The average molecular weight is 298 g/mol. The summed E-state index contributed by atoms with van der Waals surface area (Å²) in [5.74, 6) is 0. The van der Waals surface area contributed by atoms with Crippen LogP contribution in [0.1, 0.15) is 5.56 Å². The summed E-state index contributed by atoms with van der Waals surface area (Å²) in [5.41, 5.74) is 6.56. The van der Waals surface area contributed by atoms with Gasteiger partial charge in [-0.2, -0.15) is 0 Å². The zero-order valence-corrected chi connectivity index (χ0v) is 11.6. The van der Waals surface area contributed by atoms with Gasteiger partial charge in [0, 0.05) is 11.3 Å². The molecule has 94 valence electrons. The van der Waals surface area contributed by atoms with E-state index >= 15 is 0 Å². The van der Waals surface area contributed by atoms with Crippen molar-refractivity contribution >= 4 is 44.3 Å². The SMILES string of the molecule is NC(=S)c1cccc(NS(=O)(=O)c2cccs2)c1. The lowest BCUT2D eigenvalue weighted by atomic mass is 10.2. The first-order valence-corrected chi connectivity index (χ1v) is 7.72. The Balaban J connectivity index is 2.30. The number of thiophene rings is 1. The van der Waals surface area contributed by atoms with E-state index in [-0.39, 0.29) is 9.20 Å². The first-order valence-electron chi connectivity index (χ1n) is 4.95. The second-order valence-corrected chi connectivity index (χ2v) is 6.78. The van der Waals surface area contributed by atoms with Crippen LogP contribution in [0.25, 0.3) is 0 Å². The molecule has 0 saturated heterocycles. The third-order valence-corrected chi connectivity index (χ3v) is 5.17. The molecule has 0 spiro atoms. The molecule has 0 aliphatic carbocycles. The van der Waals surface area contributed by atoms with Crippen molar-refractivity contribution in [2.45, 2.75) is 4.21 Å². The molecule has 3 N–H and O–H groups in total. The Bertz CT molecular complexity index is 663. The fourth-order valence-electron chi connectivity index (χ4n) is 1.36. The maximum Gasteiger partial charge on any atom is 0.271 e. The predicted octanol–water partition coefficient (Wildman–Crippen LogP) is 2.18. The van der Waals surface area contributed by atoms with Crippen LogP contribution in [0.15, 0.2) is 46.0 Å². The largest absolute Gasteiger partial charge is 0.389 e. The minimum absolute atomic E-state index is 0.229. The van der Waals surface area contributed by atoms with E-state index in [2.05, 4.69) is 4.72 Å². The molecule has 1 aromatic carbocycles. The van der Waals surface area contributed by atoms with Gasteiger partial charge in [0.1, 0.15) is 9.20 Å². The highest BCUT2D eigenvalue weighted by Gasteiger charge is 2.15. The molecular weight excluding hydrogens is 288 g/mol. The molecule has 1 aromatic heterocycles. The molecule has 18 heavy (non-hydrogen) atoms. The number of hydrogen-bond acceptors (Lipinski definition) is 4. The van der Waals surface area contributed by atoms with Gasteiger partial charge in [-0.1, -0.05) is 30.4 Å². The zero-order chi connectivity index (χ0) is 13.2. The van der Waals surface area contributed by atoms with Gasteiger partial charge in [-0.15, -0.1) is 11.3 Å². The van der Waals surface area contributed by atoms with Gasteiger partial charge in [0.15, 0.2) is 0 Å². The van der Waals surface area contributed by atoms with E-state index in [4.69, 9.17) is 18.0 Å². The van der Waals surface area contributed by atoms with Crippen molar-refractivity contribution in [3.63, 3.8) is 0 Å². The standard InChI is InChI=1S/C11H10N2O2S3/c12-11(16)8-3-1-4-9(7-8)13-18(14,15)10-5-2-6-17-10/h1-7,13H,(H2,12,16). The van der Waals surface area contributed by atoms with Crippen LogP contribution < -0.4 is 10.5 Å². The number of nitrogens with two attached hydrogens (primary N) is 1. The van der Waals surface area contributed by atoms with Crippen LogP contribution in [0.3, 0.4) is 0 Å². The minimum Gasteiger partial charge on any atom is -0.389 e. The van der Waals surface area contributed by atoms with E-state index in [1.165, 1.54) is 0 Å². The maximum absolute atomic E-state index is 12.0. The second-order valence-electron chi connectivity index (χ2n) is 3.48. The lowest BCUT2D eigenvalue weighted by Gasteiger charge is -2.07. The summed E-state index contributed by atoms with van der Waals surface area (Å²) in [6.45, 7) is 0.